The van der Waals surface area contributed by atoms with Crippen LogP contribution in [0.1, 0.15) is 26.3 Å². The Kier molecular flexibility index (Phi) is 5.13. The van der Waals surface area contributed by atoms with Crippen molar-refractivity contribution in [1.29, 1.82) is 0 Å². The van der Waals surface area contributed by atoms with Crippen molar-refractivity contribution in [2.24, 2.45) is 0 Å². The first-order chi connectivity index (χ1) is 14.3. The first-order valence-corrected chi connectivity index (χ1v) is 11.3. The molecular weight excluding hydrogens is 400 g/mol. The van der Waals surface area contributed by atoms with E-state index in [9.17, 15) is 18.0 Å². The van der Waals surface area contributed by atoms with Gasteiger partial charge in [0.25, 0.3) is 11.8 Å². The third-order valence-corrected chi connectivity index (χ3v) is 6.21. The van der Waals surface area contributed by atoms with E-state index in [4.69, 9.17) is 0 Å². The summed E-state index contributed by atoms with van der Waals surface area (Å²) in [4.78, 5) is 27.2. The van der Waals surface area contributed by atoms with Crippen LogP contribution in [-0.4, -0.2) is 33.0 Å². The largest absolute Gasteiger partial charge is 0.322 e. The number of nitrogens with zero attached hydrogens (tertiary/aromatic N) is 1. The first kappa shape index (κ1) is 19.8. The maximum atomic E-state index is 12.9. The van der Waals surface area contributed by atoms with E-state index in [1.165, 1.54) is 12.1 Å². The van der Waals surface area contributed by atoms with Crippen LogP contribution in [0.4, 0.5) is 11.4 Å². The van der Waals surface area contributed by atoms with Gasteiger partial charge in [-0.2, -0.15) is 0 Å². The van der Waals surface area contributed by atoms with Gasteiger partial charge in [-0.05, 0) is 54.4 Å². The first-order valence-electron chi connectivity index (χ1n) is 9.45. The average molecular weight is 420 g/mol. The Morgan fingerprint density at radius 3 is 2.30 bits per heavy atom. The van der Waals surface area contributed by atoms with Crippen molar-refractivity contribution in [3.05, 3.63) is 89.5 Å². The molecule has 0 unspecified atom stereocenters. The van der Waals surface area contributed by atoms with Gasteiger partial charge in [-0.25, -0.2) is 8.42 Å². The Morgan fingerprint density at radius 1 is 0.900 bits per heavy atom. The van der Waals surface area contributed by atoms with Crippen molar-refractivity contribution >= 4 is 33.0 Å². The second-order valence-corrected chi connectivity index (χ2v) is 9.12. The molecule has 3 aromatic carbocycles. The molecule has 2 amide bonds. The van der Waals surface area contributed by atoms with Crippen molar-refractivity contribution in [1.82, 2.24) is 0 Å². The van der Waals surface area contributed by atoms with Gasteiger partial charge < -0.3 is 10.2 Å². The molecule has 0 saturated carbocycles. The average Bonchev–Trinajstić information content (AvgIpc) is 3.17. The summed E-state index contributed by atoms with van der Waals surface area (Å²) < 4.78 is 23.8. The van der Waals surface area contributed by atoms with Crippen LogP contribution in [0.15, 0.2) is 77.7 Å². The van der Waals surface area contributed by atoms with Crippen LogP contribution in [0, 0.1) is 0 Å². The van der Waals surface area contributed by atoms with Gasteiger partial charge in [-0.1, -0.05) is 30.3 Å². The molecule has 0 radical (unpaired) electrons. The quantitative estimate of drug-likeness (QED) is 0.700. The van der Waals surface area contributed by atoms with Gasteiger partial charge >= 0.3 is 0 Å². The second-order valence-electron chi connectivity index (χ2n) is 7.14. The summed E-state index contributed by atoms with van der Waals surface area (Å²) in [7, 11) is -3.53. The van der Waals surface area contributed by atoms with Gasteiger partial charge in [0.1, 0.15) is 0 Å². The number of carbonyl (C=O) groups is 2. The Labute approximate surface area is 175 Å². The topological polar surface area (TPSA) is 83.5 Å². The summed E-state index contributed by atoms with van der Waals surface area (Å²) in [6.45, 7) is 0.638. The van der Waals surface area contributed by atoms with E-state index in [0.717, 1.165) is 23.9 Å². The van der Waals surface area contributed by atoms with Crippen LogP contribution in [0.3, 0.4) is 0 Å². The summed E-state index contributed by atoms with van der Waals surface area (Å²) >= 11 is 0. The van der Waals surface area contributed by atoms with Crippen LogP contribution < -0.4 is 10.2 Å². The highest BCUT2D eigenvalue weighted by Gasteiger charge is 2.25. The molecule has 0 aliphatic carbocycles. The molecule has 4 rings (SSSR count). The van der Waals surface area contributed by atoms with Crippen LogP contribution >= 0.6 is 0 Å². The molecule has 152 valence electrons. The zero-order chi connectivity index (χ0) is 21.3. The minimum atomic E-state index is -3.53. The normalized spacial score (nSPS) is 13.0. The molecule has 0 atom stereocenters. The van der Waals surface area contributed by atoms with Gasteiger partial charge in [0.15, 0.2) is 9.84 Å². The Bertz CT molecular complexity index is 1230. The number of fused-ring (bicyclic) bond motifs is 1. The molecule has 1 N–H and O–H groups in total. The number of sulfone groups is 1. The molecule has 0 spiro atoms. The Morgan fingerprint density at radius 2 is 1.57 bits per heavy atom. The molecule has 30 heavy (non-hydrogen) atoms. The molecule has 1 aliphatic rings. The van der Waals surface area contributed by atoms with Gasteiger partial charge in [-0.15, -0.1) is 0 Å². The number of nitrogens with one attached hydrogen (secondary N) is 1. The van der Waals surface area contributed by atoms with Gasteiger partial charge in [-0.3, -0.25) is 9.59 Å². The number of rotatable bonds is 4. The number of amides is 2. The number of carbonyl (C=O) groups excluding carboxylic acids is 2. The summed E-state index contributed by atoms with van der Waals surface area (Å²) in [6, 6.07) is 20.5. The Balaban J connectivity index is 1.51. The summed E-state index contributed by atoms with van der Waals surface area (Å²) in [5.41, 5.74) is 3.15. The molecule has 0 bridgehead atoms. The molecule has 1 heterocycles. The molecule has 0 saturated heterocycles. The maximum Gasteiger partial charge on any atom is 0.258 e. The molecule has 1 aliphatic heterocycles. The van der Waals surface area contributed by atoms with Gasteiger partial charge in [0.2, 0.25) is 0 Å². The van der Waals surface area contributed by atoms with E-state index in [-0.39, 0.29) is 16.4 Å². The van der Waals surface area contributed by atoms with Crippen LogP contribution in [-0.2, 0) is 16.3 Å². The fourth-order valence-corrected chi connectivity index (χ4v) is 4.46. The summed E-state index contributed by atoms with van der Waals surface area (Å²) in [6.07, 6.45) is 1.89. The lowest BCUT2D eigenvalue weighted by atomic mass is 10.1. The third kappa shape index (κ3) is 3.84. The molecule has 7 heteroatoms. The second kappa shape index (κ2) is 7.76. The van der Waals surface area contributed by atoms with Crippen LogP contribution in [0.25, 0.3) is 0 Å². The fraction of sp³-hybridized carbons (Fsp3) is 0.130. The minimum Gasteiger partial charge on any atom is -0.322 e. The van der Waals surface area contributed by atoms with E-state index in [2.05, 4.69) is 5.32 Å². The zero-order valence-electron chi connectivity index (χ0n) is 16.3. The highest BCUT2D eigenvalue weighted by Crippen LogP contribution is 2.29. The molecule has 3 aromatic rings. The lowest BCUT2D eigenvalue weighted by molar-refractivity contribution is 0.0988. The van der Waals surface area contributed by atoms with Gasteiger partial charge in [0.05, 0.1) is 10.5 Å². The van der Waals surface area contributed by atoms with Crippen molar-refractivity contribution in [2.45, 2.75) is 11.3 Å². The predicted octanol–water partition coefficient (Wildman–Crippen LogP) is 3.55. The van der Waals surface area contributed by atoms with Crippen molar-refractivity contribution in [3.8, 4) is 0 Å². The third-order valence-electron chi connectivity index (χ3n) is 5.05. The number of benzene rings is 3. The number of anilines is 2. The molecular formula is C23H20N2O4S. The SMILES string of the molecule is CS(=O)(=O)c1ccccc1C(=O)Nc1ccc(C(=O)N2CCc3ccccc32)cc1. The fourth-order valence-electron chi connectivity index (χ4n) is 3.58. The lowest BCUT2D eigenvalue weighted by Crippen LogP contribution is -2.28. The lowest BCUT2D eigenvalue weighted by Gasteiger charge is -2.17. The highest BCUT2D eigenvalue weighted by atomic mass is 32.2. The van der Waals surface area contributed by atoms with E-state index < -0.39 is 15.7 Å². The van der Waals surface area contributed by atoms with Crippen LogP contribution in [0.2, 0.25) is 0 Å². The minimum absolute atomic E-state index is 0.0259. The summed E-state index contributed by atoms with van der Waals surface area (Å²) in [5.74, 6) is -0.621. The number of hydrogen-bond acceptors (Lipinski definition) is 4. The van der Waals surface area contributed by atoms with Crippen LogP contribution in [0.5, 0.6) is 0 Å². The monoisotopic (exact) mass is 420 g/mol. The predicted molar refractivity (Wildman–Crippen MR) is 116 cm³/mol. The van der Waals surface area contributed by atoms with E-state index >= 15 is 0 Å². The molecule has 6 nitrogen and oxygen atoms in total. The van der Waals surface area contributed by atoms with Gasteiger partial charge in [0, 0.05) is 29.7 Å². The summed E-state index contributed by atoms with van der Waals surface area (Å²) in [5, 5.41) is 2.69. The number of para-hydroxylation sites is 1. The maximum absolute atomic E-state index is 12.9. The molecule has 0 aromatic heterocycles. The highest BCUT2D eigenvalue weighted by molar-refractivity contribution is 7.90. The van der Waals surface area contributed by atoms with Crippen molar-refractivity contribution in [2.75, 3.05) is 23.0 Å². The zero-order valence-corrected chi connectivity index (χ0v) is 17.1. The van der Waals surface area contributed by atoms with Crippen molar-refractivity contribution < 1.29 is 18.0 Å². The van der Waals surface area contributed by atoms with E-state index in [0.29, 0.717) is 17.8 Å². The number of hydrogen-bond donors (Lipinski definition) is 1. The van der Waals surface area contributed by atoms with E-state index in [1.54, 1.807) is 41.3 Å². The van der Waals surface area contributed by atoms with E-state index in [1.807, 2.05) is 24.3 Å². The smallest absolute Gasteiger partial charge is 0.258 e. The van der Waals surface area contributed by atoms with Crippen molar-refractivity contribution in [3.63, 3.8) is 0 Å². The Hall–Kier alpha value is -3.45. The molecule has 0 fully saturated rings. The standard InChI is InChI=1S/C23H20N2O4S/c1-30(28,29)21-9-5-3-7-19(21)22(26)24-18-12-10-17(11-13-18)23(27)25-15-14-16-6-2-4-8-20(16)25/h2-13H,14-15H2,1H3,(H,24,26).